The third kappa shape index (κ3) is 2.31. The normalized spacial score (nSPS) is 10.6. The molecule has 0 aliphatic rings. The molecule has 1 aromatic carbocycles. The fourth-order valence-corrected chi connectivity index (χ4v) is 1.19. The molecule has 0 radical (unpaired) electrons. The molecule has 0 atom stereocenters. The van der Waals surface area contributed by atoms with Crippen molar-refractivity contribution in [3.8, 4) is 0 Å². The van der Waals surface area contributed by atoms with E-state index in [0.717, 1.165) is 5.02 Å². The van der Waals surface area contributed by atoms with Gasteiger partial charge in [-0.05, 0) is 27.9 Å². The predicted molar refractivity (Wildman–Crippen MR) is 54.5 cm³/mol. The van der Waals surface area contributed by atoms with Crippen LogP contribution in [0, 0.1) is 0 Å². The SMILES string of the molecule is Clc1ccc(/C=C/I)cc1. The second-order valence-corrected chi connectivity index (χ2v) is 3.00. The minimum atomic E-state index is 0.783. The van der Waals surface area contributed by atoms with Gasteiger partial charge in [0.1, 0.15) is 0 Å². The maximum atomic E-state index is 5.69. The van der Waals surface area contributed by atoms with Gasteiger partial charge >= 0.3 is 0 Å². The standard InChI is InChI=1S/C8H6ClI/c9-8-3-1-7(2-4-8)5-6-10/h1-6H/b6-5+. The van der Waals surface area contributed by atoms with Gasteiger partial charge < -0.3 is 0 Å². The number of benzene rings is 1. The summed E-state index contributed by atoms with van der Waals surface area (Å²) in [7, 11) is 0. The first-order valence-corrected chi connectivity index (χ1v) is 4.47. The maximum absolute atomic E-state index is 5.69. The molecule has 0 heterocycles. The van der Waals surface area contributed by atoms with Gasteiger partial charge in [-0.15, -0.1) is 0 Å². The van der Waals surface area contributed by atoms with Crippen molar-refractivity contribution >= 4 is 40.3 Å². The van der Waals surface area contributed by atoms with E-state index in [1.54, 1.807) is 0 Å². The third-order valence-electron chi connectivity index (χ3n) is 1.13. The molecule has 0 aliphatic heterocycles. The molecule has 0 nitrogen and oxygen atoms in total. The van der Waals surface area contributed by atoms with Crippen LogP contribution in [-0.2, 0) is 0 Å². The summed E-state index contributed by atoms with van der Waals surface area (Å²) >= 11 is 7.87. The van der Waals surface area contributed by atoms with Crippen LogP contribution in [0.1, 0.15) is 5.56 Å². The number of rotatable bonds is 1. The number of hydrogen-bond acceptors (Lipinski definition) is 0. The summed E-state index contributed by atoms with van der Waals surface area (Å²) in [6, 6.07) is 7.73. The summed E-state index contributed by atoms with van der Waals surface area (Å²) in [6.45, 7) is 0. The summed E-state index contributed by atoms with van der Waals surface area (Å²) in [5.41, 5.74) is 1.18. The minimum absolute atomic E-state index is 0.783. The summed E-state index contributed by atoms with van der Waals surface area (Å²) in [5.74, 6) is 0. The first-order chi connectivity index (χ1) is 4.83. The third-order valence-corrected chi connectivity index (χ3v) is 1.74. The van der Waals surface area contributed by atoms with Crippen molar-refractivity contribution in [3.05, 3.63) is 38.9 Å². The van der Waals surface area contributed by atoms with Gasteiger partial charge in [0.15, 0.2) is 0 Å². The molecule has 0 fully saturated rings. The van der Waals surface area contributed by atoms with E-state index in [1.807, 2.05) is 34.4 Å². The van der Waals surface area contributed by atoms with Crippen LogP contribution in [-0.4, -0.2) is 0 Å². The molecular weight excluding hydrogens is 258 g/mol. The lowest BCUT2D eigenvalue weighted by molar-refractivity contribution is 1.66. The van der Waals surface area contributed by atoms with Crippen LogP contribution >= 0.6 is 34.2 Å². The van der Waals surface area contributed by atoms with E-state index in [2.05, 4.69) is 22.6 Å². The zero-order valence-corrected chi connectivity index (χ0v) is 8.13. The fourth-order valence-electron chi connectivity index (χ4n) is 0.647. The Morgan fingerprint density at radius 1 is 1.20 bits per heavy atom. The first-order valence-electron chi connectivity index (χ1n) is 2.85. The highest BCUT2D eigenvalue weighted by molar-refractivity contribution is 14.1. The van der Waals surface area contributed by atoms with E-state index < -0.39 is 0 Å². The Balaban J connectivity index is 2.89. The van der Waals surface area contributed by atoms with E-state index in [1.165, 1.54) is 5.56 Å². The Morgan fingerprint density at radius 3 is 2.30 bits per heavy atom. The van der Waals surface area contributed by atoms with Crippen molar-refractivity contribution in [1.29, 1.82) is 0 Å². The Bertz CT molecular complexity index is 226. The van der Waals surface area contributed by atoms with Crippen molar-refractivity contribution in [1.82, 2.24) is 0 Å². The smallest absolute Gasteiger partial charge is 0.0406 e. The van der Waals surface area contributed by atoms with Crippen LogP contribution < -0.4 is 0 Å². The number of halogens is 2. The molecule has 0 aliphatic carbocycles. The van der Waals surface area contributed by atoms with Crippen molar-refractivity contribution in [2.24, 2.45) is 0 Å². The molecule has 0 bridgehead atoms. The predicted octanol–water partition coefficient (Wildman–Crippen LogP) is 3.75. The summed E-state index contributed by atoms with van der Waals surface area (Å²) < 4.78 is 1.97. The van der Waals surface area contributed by atoms with Gasteiger partial charge in [-0.25, -0.2) is 0 Å². The van der Waals surface area contributed by atoms with Crippen molar-refractivity contribution < 1.29 is 0 Å². The molecule has 0 aromatic heterocycles. The molecular formula is C8H6ClI. The van der Waals surface area contributed by atoms with Gasteiger partial charge in [0.25, 0.3) is 0 Å². The molecule has 10 heavy (non-hydrogen) atoms. The first kappa shape index (κ1) is 8.08. The van der Waals surface area contributed by atoms with Crippen molar-refractivity contribution in [2.45, 2.75) is 0 Å². The van der Waals surface area contributed by atoms with Gasteiger partial charge in [-0.2, -0.15) is 0 Å². The van der Waals surface area contributed by atoms with Gasteiger partial charge in [0, 0.05) is 5.02 Å². The van der Waals surface area contributed by atoms with Crippen molar-refractivity contribution in [2.75, 3.05) is 0 Å². The Kier molecular flexibility index (Phi) is 3.22. The zero-order valence-electron chi connectivity index (χ0n) is 5.22. The van der Waals surface area contributed by atoms with Gasteiger partial charge in [0.05, 0.1) is 0 Å². The number of hydrogen-bond donors (Lipinski definition) is 0. The topological polar surface area (TPSA) is 0 Å². The lowest BCUT2D eigenvalue weighted by Gasteiger charge is -1.90. The highest BCUT2D eigenvalue weighted by Gasteiger charge is 1.85. The molecule has 52 valence electrons. The lowest BCUT2D eigenvalue weighted by atomic mass is 10.2. The van der Waals surface area contributed by atoms with Gasteiger partial charge in [-0.1, -0.05) is 46.3 Å². The molecule has 1 aromatic rings. The Labute approximate surface area is 79.0 Å². The largest absolute Gasteiger partial charge is 0.0843 e. The van der Waals surface area contributed by atoms with Crippen LogP contribution in [0.5, 0.6) is 0 Å². The quantitative estimate of drug-likeness (QED) is 0.678. The second kappa shape index (κ2) is 3.98. The zero-order chi connectivity index (χ0) is 7.40. The average Bonchev–Trinajstić information content (AvgIpc) is 1.95. The van der Waals surface area contributed by atoms with Crippen LogP contribution in [0.15, 0.2) is 28.3 Å². The van der Waals surface area contributed by atoms with Crippen LogP contribution in [0.3, 0.4) is 0 Å². The average molecular weight is 264 g/mol. The van der Waals surface area contributed by atoms with E-state index in [9.17, 15) is 0 Å². The molecule has 0 spiro atoms. The fraction of sp³-hybridized carbons (Fsp3) is 0. The minimum Gasteiger partial charge on any atom is -0.0843 e. The molecule has 0 unspecified atom stereocenters. The molecule has 0 saturated carbocycles. The van der Waals surface area contributed by atoms with E-state index in [-0.39, 0.29) is 0 Å². The van der Waals surface area contributed by atoms with Crippen molar-refractivity contribution in [3.63, 3.8) is 0 Å². The Morgan fingerprint density at radius 2 is 1.80 bits per heavy atom. The van der Waals surface area contributed by atoms with Crippen LogP contribution in [0.2, 0.25) is 5.02 Å². The highest BCUT2D eigenvalue weighted by atomic mass is 127. The van der Waals surface area contributed by atoms with E-state index >= 15 is 0 Å². The van der Waals surface area contributed by atoms with Gasteiger partial charge in [-0.3, -0.25) is 0 Å². The molecule has 0 saturated heterocycles. The highest BCUT2D eigenvalue weighted by Crippen LogP contribution is 2.10. The van der Waals surface area contributed by atoms with Crippen LogP contribution in [0.25, 0.3) is 6.08 Å². The molecule has 0 amide bonds. The molecule has 0 N–H and O–H groups in total. The second-order valence-electron chi connectivity index (χ2n) is 1.84. The van der Waals surface area contributed by atoms with Gasteiger partial charge in [0.2, 0.25) is 0 Å². The van der Waals surface area contributed by atoms with Crippen LogP contribution in [0.4, 0.5) is 0 Å². The summed E-state index contributed by atoms with van der Waals surface area (Å²) in [5, 5.41) is 0.783. The van der Waals surface area contributed by atoms with E-state index in [0.29, 0.717) is 0 Å². The Hall–Kier alpha value is -0.0200. The lowest BCUT2D eigenvalue weighted by Crippen LogP contribution is -1.67. The summed E-state index contributed by atoms with van der Waals surface area (Å²) in [6.07, 6.45) is 2.02. The summed E-state index contributed by atoms with van der Waals surface area (Å²) in [4.78, 5) is 0. The monoisotopic (exact) mass is 264 g/mol. The molecule has 1 rings (SSSR count). The molecule has 2 heteroatoms. The van der Waals surface area contributed by atoms with E-state index in [4.69, 9.17) is 11.6 Å². The maximum Gasteiger partial charge on any atom is 0.0406 e.